The van der Waals surface area contributed by atoms with Crippen molar-refractivity contribution >= 4 is 5.91 Å². The van der Waals surface area contributed by atoms with Gasteiger partial charge < -0.3 is 10.6 Å². The summed E-state index contributed by atoms with van der Waals surface area (Å²) in [5.41, 5.74) is 2.62. The highest BCUT2D eigenvalue weighted by atomic mass is 16.1. The maximum absolute atomic E-state index is 12.6. The fourth-order valence-corrected chi connectivity index (χ4v) is 3.26. The van der Waals surface area contributed by atoms with Crippen LogP contribution in [-0.2, 0) is 11.2 Å². The monoisotopic (exact) mass is 316 g/mol. The second-order valence-corrected chi connectivity index (χ2v) is 7.10. The molecule has 3 heteroatoms. The maximum Gasteiger partial charge on any atom is 0.223 e. The predicted octanol–water partition coefficient (Wildman–Crippen LogP) is 3.84. The molecule has 3 nitrogen and oxygen atoms in total. The number of unbranched alkanes of at least 4 members (excludes halogenated alkanes) is 1. The van der Waals surface area contributed by atoms with Gasteiger partial charge in [-0.1, -0.05) is 51.5 Å². The third-order valence-electron chi connectivity index (χ3n) is 4.83. The first kappa shape index (κ1) is 18.0. The molecule has 0 saturated carbocycles. The van der Waals surface area contributed by atoms with Gasteiger partial charge in [-0.15, -0.1) is 0 Å². The van der Waals surface area contributed by atoms with Crippen molar-refractivity contribution in [3.8, 4) is 0 Å². The summed E-state index contributed by atoms with van der Waals surface area (Å²) < 4.78 is 0. The van der Waals surface area contributed by atoms with Crippen LogP contribution in [0.15, 0.2) is 24.3 Å². The van der Waals surface area contributed by atoms with Gasteiger partial charge in [-0.2, -0.15) is 0 Å². The van der Waals surface area contributed by atoms with Gasteiger partial charge in [0.25, 0.3) is 0 Å². The second kappa shape index (κ2) is 9.07. The summed E-state index contributed by atoms with van der Waals surface area (Å²) >= 11 is 0. The maximum atomic E-state index is 12.6. The summed E-state index contributed by atoms with van der Waals surface area (Å²) in [4.78, 5) is 12.6. The highest BCUT2D eigenvalue weighted by molar-refractivity contribution is 5.79. The SMILES string of the molecule is CCCCc1ccc(C(NC(=O)C2CCNCC2)C(C)C)cc1. The average Bonchev–Trinajstić information content (AvgIpc) is 2.58. The fraction of sp³-hybridized carbons (Fsp3) is 0.650. The van der Waals surface area contributed by atoms with Gasteiger partial charge in [0.15, 0.2) is 0 Å². The number of carbonyl (C=O) groups excluding carboxylic acids is 1. The molecule has 0 aromatic heterocycles. The molecule has 1 atom stereocenters. The molecule has 0 radical (unpaired) electrons. The van der Waals surface area contributed by atoms with Crippen molar-refractivity contribution in [2.45, 2.75) is 58.9 Å². The Hall–Kier alpha value is -1.35. The lowest BCUT2D eigenvalue weighted by molar-refractivity contribution is -0.126. The molecular weight excluding hydrogens is 284 g/mol. The van der Waals surface area contributed by atoms with Crippen LogP contribution in [0.4, 0.5) is 0 Å². The molecule has 1 unspecified atom stereocenters. The zero-order valence-corrected chi connectivity index (χ0v) is 14.9. The Morgan fingerprint density at radius 1 is 1.22 bits per heavy atom. The van der Waals surface area contributed by atoms with Crippen LogP contribution < -0.4 is 10.6 Å². The third-order valence-corrected chi connectivity index (χ3v) is 4.83. The van der Waals surface area contributed by atoms with E-state index in [2.05, 4.69) is 55.7 Å². The lowest BCUT2D eigenvalue weighted by Gasteiger charge is -2.28. The van der Waals surface area contributed by atoms with Crippen LogP contribution in [0.5, 0.6) is 0 Å². The van der Waals surface area contributed by atoms with Crippen LogP contribution in [0, 0.1) is 11.8 Å². The van der Waals surface area contributed by atoms with Gasteiger partial charge in [-0.3, -0.25) is 4.79 Å². The molecule has 1 aromatic rings. The number of amides is 1. The van der Waals surface area contributed by atoms with E-state index in [1.54, 1.807) is 0 Å². The Labute approximate surface area is 141 Å². The molecule has 2 N–H and O–H groups in total. The molecular formula is C20H32N2O. The van der Waals surface area contributed by atoms with E-state index >= 15 is 0 Å². The van der Waals surface area contributed by atoms with Crippen LogP contribution in [0.1, 0.15) is 63.6 Å². The normalized spacial score (nSPS) is 17.2. The van der Waals surface area contributed by atoms with Gasteiger partial charge >= 0.3 is 0 Å². The van der Waals surface area contributed by atoms with E-state index in [4.69, 9.17) is 0 Å². The minimum atomic E-state index is 0.109. The number of carbonyl (C=O) groups is 1. The second-order valence-electron chi connectivity index (χ2n) is 7.10. The summed E-state index contributed by atoms with van der Waals surface area (Å²) in [5.74, 6) is 0.781. The standard InChI is InChI=1S/C20H32N2O/c1-4-5-6-16-7-9-17(10-8-16)19(15(2)3)22-20(23)18-11-13-21-14-12-18/h7-10,15,18-19,21H,4-6,11-14H2,1-3H3,(H,22,23). The molecule has 1 aromatic carbocycles. The fourth-order valence-electron chi connectivity index (χ4n) is 3.26. The molecule has 2 rings (SSSR count). The molecule has 1 fully saturated rings. The molecule has 0 spiro atoms. The van der Waals surface area contributed by atoms with Crippen LogP contribution in [0.2, 0.25) is 0 Å². The molecule has 1 amide bonds. The molecule has 0 aliphatic carbocycles. The minimum Gasteiger partial charge on any atom is -0.349 e. The van der Waals surface area contributed by atoms with Crippen molar-refractivity contribution < 1.29 is 4.79 Å². The van der Waals surface area contributed by atoms with Gasteiger partial charge in [0.05, 0.1) is 6.04 Å². The van der Waals surface area contributed by atoms with Gasteiger partial charge in [0.1, 0.15) is 0 Å². The lowest BCUT2D eigenvalue weighted by atomic mass is 9.92. The smallest absolute Gasteiger partial charge is 0.223 e. The van der Waals surface area contributed by atoms with Gasteiger partial charge in [0.2, 0.25) is 5.91 Å². The van der Waals surface area contributed by atoms with E-state index in [0.717, 1.165) is 32.4 Å². The Bertz CT molecular complexity index is 475. The summed E-state index contributed by atoms with van der Waals surface area (Å²) in [6, 6.07) is 8.93. The largest absolute Gasteiger partial charge is 0.349 e. The molecule has 1 aliphatic heterocycles. The number of hydrogen-bond donors (Lipinski definition) is 2. The van der Waals surface area contributed by atoms with Crippen molar-refractivity contribution in [2.24, 2.45) is 11.8 Å². The van der Waals surface area contributed by atoms with E-state index in [1.807, 2.05) is 0 Å². The number of piperidine rings is 1. The Morgan fingerprint density at radius 3 is 2.43 bits per heavy atom. The quantitative estimate of drug-likeness (QED) is 0.802. The predicted molar refractivity (Wildman–Crippen MR) is 96.4 cm³/mol. The first-order valence-electron chi connectivity index (χ1n) is 9.21. The molecule has 23 heavy (non-hydrogen) atoms. The Morgan fingerprint density at radius 2 is 1.87 bits per heavy atom. The summed E-state index contributed by atoms with van der Waals surface area (Å²) in [6.07, 6.45) is 5.51. The average molecular weight is 316 g/mol. The van der Waals surface area contributed by atoms with Gasteiger partial charge in [-0.25, -0.2) is 0 Å². The molecule has 0 bridgehead atoms. The van der Waals surface area contributed by atoms with Crippen LogP contribution in [-0.4, -0.2) is 19.0 Å². The lowest BCUT2D eigenvalue weighted by Crippen LogP contribution is -2.40. The third kappa shape index (κ3) is 5.35. The van der Waals surface area contributed by atoms with Crippen LogP contribution in [0.3, 0.4) is 0 Å². The number of aryl methyl sites for hydroxylation is 1. The highest BCUT2D eigenvalue weighted by Gasteiger charge is 2.25. The van der Waals surface area contributed by atoms with E-state index in [9.17, 15) is 4.79 Å². The Balaban J connectivity index is 2.01. The van der Waals surface area contributed by atoms with Crippen LogP contribution >= 0.6 is 0 Å². The van der Waals surface area contributed by atoms with E-state index in [0.29, 0.717) is 5.92 Å². The number of benzene rings is 1. The number of nitrogens with one attached hydrogen (secondary N) is 2. The highest BCUT2D eigenvalue weighted by Crippen LogP contribution is 2.24. The van der Waals surface area contributed by atoms with E-state index < -0.39 is 0 Å². The molecule has 1 heterocycles. The van der Waals surface area contributed by atoms with Gasteiger partial charge in [-0.05, 0) is 55.8 Å². The van der Waals surface area contributed by atoms with Crippen LogP contribution in [0.25, 0.3) is 0 Å². The van der Waals surface area contributed by atoms with Crippen molar-refractivity contribution in [2.75, 3.05) is 13.1 Å². The van der Waals surface area contributed by atoms with Crippen molar-refractivity contribution in [1.82, 2.24) is 10.6 Å². The summed E-state index contributed by atoms with van der Waals surface area (Å²) in [7, 11) is 0. The zero-order valence-electron chi connectivity index (χ0n) is 14.9. The molecule has 1 saturated heterocycles. The Kier molecular flexibility index (Phi) is 7.10. The van der Waals surface area contributed by atoms with E-state index in [1.165, 1.54) is 24.0 Å². The van der Waals surface area contributed by atoms with Gasteiger partial charge in [0, 0.05) is 5.92 Å². The number of hydrogen-bond acceptors (Lipinski definition) is 2. The topological polar surface area (TPSA) is 41.1 Å². The minimum absolute atomic E-state index is 0.109. The van der Waals surface area contributed by atoms with Crippen molar-refractivity contribution in [3.63, 3.8) is 0 Å². The van der Waals surface area contributed by atoms with E-state index in [-0.39, 0.29) is 17.9 Å². The summed E-state index contributed by atoms with van der Waals surface area (Å²) in [6.45, 7) is 8.49. The first-order valence-corrected chi connectivity index (χ1v) is 9.21. The van der Waals surface area contributed by atoms with Crippen molar-refractivity contribution in [1.29, 1.82) is 0 Å². The van der Waals surface area contributed by atoms with Crippen molar-refractivity contribution in [3.05, 3.63) is 35.4 Å². The molecule has 128 valence electrons. The molecule has 1 aliphatic rings. The number of rotatable bonds is 7. The summed E-state index contributed by atoms with van der Waals surface area (Å²) in [5, 5.41) is 6.62. The zero-order chi connectivity index (χ0) is 16.7. The first-order chi connectivity index (χ1) is 11.1.